The number of amides is 2. The molecule has 0 spiro atoms. The largest absolute Gasteiger partial charge is 0.356 e. The van der Waals surface area contributed by atoms with Crippen LogP contribution in [0.25, 0.3) is 0 Å². The van der Waals surface area contributed by atoms with Gasteiger partial charge in [-0.3, -0.25) is 9.59 Å². The minimum Gasteiger partial charge on any atom is -0.356 e. The van der Waals surface area contributed by atoms with E-state index < -0.39 is 10.0 Å². The Morgan fingerprint density at radius 1 is 1.17 bits per heavy atom. The van der Waals surface area contributed by atoms with Gasteiger partial charge in [0.1, 0.15) is 0 Å². The van der Waals surface area contributed by atoms with E-state index >= 15 is 0 Å². The summed E-state index contributed by atoms with van der Waals surface area (Å²) in [7, 11) is -3.59. The Bertz CT molecular complexity index is 686. The number of nitrogens with one attached hydrogen (secondary N) is 2. The lowest BCUT2D eigenvalue weighted by Gasteiger charge is -2.26. The molecule has 1 aliphatic heterocycles. The van der Waals surface area contributed by atoms with Crippen LogP contribution >= 0.6 is 0 Å². The Labute approximate surface area is 142 Å². The van der Waals surface area contributed by atoms with E-state index in [1.807, 2.05) is 0 Å². The van der Waals surface area contributed by atoms with Gasteiger partial charge in [-0.2, -0.15) is 0 Å². The fourth-order valence-corrected chi connectivity index (χ4v) is 3.60. The van der Waals surface area contributed by atoms with Crippen molar-refractivity contribution in [3.63, 3.8) is 0 Å². The highest BCUT2D eigenvalue weighted by Gasteiger charge is 2.20. The molecule has 2 N–H and O–H groups in total. The Hall–Kier alpha value is -1.93. The number of nitrogens with zero attached hydrogens (tertiary/aromatic N) is 1. The van der Waals surface area contributed by atoms with Crippen LogP contribution in [0.1, 0.15) is 32.6 Å². The lowest BCUT2D eigenvalue weighted by molar-refractivity contribution is -0.120. The molecule has 2 rings (SSSR count). The molecule has 0 saturated carbocycles. The maximum absolute atomic E-state index is 12.2. The minimum absolute atomic E-state index is 0.0768. The van der Waals surface area contributed by atoms with Crippen LogP contribution in [0.15, 0.2) is 29.2 Å². The molecule has 1 aromatic carbocycles. The zero-order valence-electron chi connectivity index (χ0n) is 13.7. The lowest BCUT2D eigenvalue weighted by Crippen LogP contribution is -2.35. The number of anilines is 1. The third kappa shape index (κ3) is 5.04. The monoisotopic (exact) mass is 353 g/mol. The van der Waals surface area contributed by atoms with E-state index in [1.54, 1.807) is 17.0 Å². The van der Waals surface area contributed by atoms with Crippen molar-refractivity contribution in [1.29, 1.82) is 0 Å². The number of carbonyl (C=O) groups excluding carboxylic acids is 2. The van der Waals surface area contributed by atoms with Gasteiger partial charge in [-0.1, -0.05) is 0 Å². The molecular formula is C16H23N3O4S. The molecule has 7 nitrogen and oxygen atoms in total. The first-order valence-electron chi connectivity index (χ1n) is 8.05. The second kappa shape index (κ2) is 8.25. The topological polar surface area (TPSA) is 95.6 Å². The summed E-state index contributed by atoms with van der Waals surface area (Å²) in [5.74, 6) is -0.0614. The molecule has 0 unspecified atom stereocenters. The summed E-state index contributed by atoms with van der Waals surface area (Å²) in [4.78, 5) is 24.5. The summed E-state index contributed by atoms with van der Waals surface area (Å²) in [5.41, 5.74) is 0.726. The Kier molecular flexibility index (Phi) is 6.33. The number of sulfonamides is 1. The van der Waals surface area contributed by atoms with E-state index in [2.05, 4.69) is 10.0 Å². The summed E-state index contributed by atoms with van der Waals surface area (Å²) in [5, 5.41) is 2.61. The van der Waals surface area contributed by atoms with Crippen LogP contribution < -0.4 is 14.9 Å². The van der Waals surface area contributed by atoms with Crippen LogP contribution in [0.4, 0.5) is 5.69 Å². The summed E-state index contributed by atoms with van der Waals surface area (Å²) in [6.07, 6.45) is 2.92. The number of hydrogen-bond donors (Lipinski definition) is 2. The van der Waals surface area contributed by atoms with Gasteiger partial charge in [-0.25, -0.2) is 13.1 Å². The fourth-order valence-electron chi connectivity index (χ4n) is 2.53. The average molecular weight is 353 g/mol. The average Bonchev–Trinajstić information content (AvgIpc) is 2.55. The maximum atomic E-state index is 12.2. The van der Waals surface area contributed by atoms with Crippen molar-refractivity contribution in [1.82, 2.24) is 10.0 Å². The van der Waals surface area contributed by atoms with E-state index in [9.17, 15) is 18.0 Å². The number of piperidine rings is 1. The molecule has 2 amide bonds. The fraction of sp³-hybridized carbons (Fsp3) is 0.500. The van der Waals surface area contributed by atoms with Crippen molar-refractivity contribution in [3.8, 4) is 0 Å². The zero-order valence-corrected chi connectivity index (χ0v) is 14.6. The lowest BCUT2D eigenvalue weighted by atomic mass is 10.1. The summed E-state index contributed by atoms with van der Waals surface area (Å²) in [6.45, 7) is 2.76. The first-order chi connectivity index (χ1) is 11.4. The van der Waals surface area contributed by atoms with Gasteiger partial charge in [0.2, 0.25) is 21.8 Å². The van der Waals surface area contributed by atoms with Crippen molar-refractivity contribution in [2.45, 2.75) is 37.5 Å². The van der Waals surface area contributed by atoms with Gasteiger partial charge >= 0.3 is 0 Å². The third-order valence-electron chi connectivity index (χ3n) is 3.80. The summed E-state index contributed by atoms with van der Waals surface area (Å²) < 4.78 is 26.9. The highest BCUT2D eigenvalue weighted by Crippen LogP contribution is 2.22. The molecule has 24 heavy (non-hydrogen) atoms. The molecule has 132 valence electrons. The molecule has 1 aliphatic rings. The van der Waals surface area contributed by atoms with Crippen molar-refractivity contribution in [2.24, 2.45) is 0 Å². The quantitative estimate of drug-likeness (QED) is 0.715. The third-order valence-corrected chi connectivity index (χ3v) is 5.28. The molecule has 0 radical (unpaired) electrons. The van der Waals surface area contributed by atoms with Crippen LogP contribution in [0.3, 0.4) is 0 Å². The summed E-state index contributed by atoms with van der Waals surface area (Å²) in [6, 6.07) is 6.34. The van der Waals surface area contributed by atoms with Crippen molar-refractivity contribution in [2.75, 3.05) is 24.5 Å². The van der Waals surface area contributed by atoms with E-state index in [0.29, 0.717) is 25.9 Å². The normalized spacial score (nSPS) is 15.4. The molecule has 8 heteroatoms. The van der Waals surface area contributed by atoms with Crippen molar-refractivity contribution in [3.05, 3.63) is 24.3 Å². The van der Waals surface area contributed by atoms with Gasteiger partial charge in [0.15, 0.2) is 0 Å². The Morgan fingerprint density at radius 2 is 1.88 bits per heavy atom. The number of hydrogen-bond acceptors (Lipinski definition) is 4. The van der Waals surface area contributed by atoms with Crippen molar-refractivity contribution >= 4 is 27.5 Å². The first kappa shape index (κ1) is 18.4. The smallest absolute Gasteiger partial charge is 0.240 e. The number of rotatable bonds is 7. The predicted molar refractivity (Wildman–Crippen MR) is 91.1 cm³/mol. The van der Waals surface area contributed by atoms with Gasteiger partial charge in [0.05, 0.1) is 4.90 Å². The van der Waals surface area contributed by atoms with E-state index in [4.69, 9.17) is 0 Å². The number of benzene rings is 1. The van der Waals surface area contributed by atoms with E-state index in [1.165, 1.54) is 19.1 Å². The molecule has 0 aliphatic carbocycles. The highest BCUT2D eigenvalue weighted by molar-refractivity contribution is 7.89. The SMILES string of the molecule is CC(=O)NCCCNS(=O)(=O)c1ccc(N2CCCCC2=O)cc1. The van der Waals surface area contributed by atoms with E-state index in [0.717, 1.165) is 18.5 Å². The Balaban J connectivity index is 1.93. The van der Waals surface area contributed by atoms with Crippen LogP contribution in [0.2, 0.25) is 0 Å². The van der Waals surface area contributed by atoms with Gasteiger partial charge in [-0.15, -0.1) is 0 Å². The van der Waals surface area contributed by atoms with Crippen LogP contribution in [-0.2, 0) is 19.6 Å². The molecule has 0 aromatic heterocycles. The Morgan fingerprint density at radius 3 is 2.50 bits per heavy atom. The molecule has 1 saturated heterocycles. The minimum atomic E-state index is -3.59. The maximum Gasteiger partial charge on any atom is 0.240 e. The first-order valence-corrected chi connectivity index (χ1v) is 9.53. The standard InChI is InChI=1S/C16H23N3O4S/c1-13(20)17-10-4-11-18-24(22,23)15-8-6-14(7-9-15)19-12-3-2-5-16(19)21/h6-9,18H,2-5,10-12H2,1H3,(H,17,20). The molecular weight excluding hydrogens is 330 g/mol. The zero-order chi connectivity index (χ0) is 17.6. The molecule has 0 atom stereocenters. The number of carbonyl (C=O) groups is 2. The molecule has 1 fully saturated rings. The van der Waals surface area contributed by atoms with Gasteiger partial charge in [0, 0.05) is 38.7 Å². The van der Waals surface area contributed by atoms with Crippen LogP contribution in [0, 0.1) is 0 Å². The van der Waals surface area contributed by atoms with Gasteiger partial charge < -0.3 is 10.2 Å². The molecule has 1 aromatic rings. The second-order valence-electron chi connectivity index (χ2n) is 5.73. The predicted octanol–water partition coefficient (Wildman–Crippen LogP) is 1.01. The highest BCUT2D eigenvalue weighted by atomic mass is 32.2. The van der Waals surface area contributed by atoms with Gasteiger partial charge in [-0.05, 0) is 43.5 Å². The van der Waals surface area contributed by atoms with Gasteiger partial charge in [0.25, 0.3) is 0 Å². The second-order valence-corrected chi connectivity index (χ2v) is 7.50. The summed E-state index contributed by atoms with van der Waals surface area (Å²) >= 11 is 0. The molecule has 0 bridgehead atoms. The van der Waals surface area contributed by atoms with Crippen LogP contribution in [0.5, 0.6) is 0 Å². The van der Waals surface area contributed by atoms with E-state index in [-0.39, 0.29) is 23.3 Å². The van der Waals surface area contributed by atoms with Crippen LogP contribution in [-0.4, -0.2) is 39.9 Å². The van der Waals surface area contributed by atoms with Crippen molar-refractivity contribution < 1.29 is 18.0 Å². The molecule has 1 heterocycles.